The summed E-state index contributed by atoms with van der Waals surface area (Å²) in [5, 5.41) is 10.7. The molecule has 0 saturated heterocycles. The molecule has 1 saturated carbocycles. The molecule has 4 aromatic rings. The van der Waals surface area contributed by atoms with Crippen LogP contribution in [-0.4, -0.2) is 59.8 Å². The molecular weight excluding hydrogens is 780 g/mol. The van der Waals surface area contributed by atoms with Gasteiger partial charge in [0.15, 0.2) is 0 Å². The van der Waals surface area contributed by atoms with Crippen LogP contribution in [0.25, 0.3) is 22.0 Å². The Morgan fingerprint density at radius 1 is 0.800 bits per heavy atom. The number of ether oxygens (including phenoxy) is 2. The zero-order chi connectivity index (χ0) is 43.0. The molecule has 5 N–H and O–H groups in total. The maximum atomic E-state index is 14.2. The summed E-state index contributed by atoms with van der Waals surface area (Å²) in [5.74, 6) is -1.32. The van der Waals surface area contributed by atoms with E-state index in [2.05, 4.69) is 26.3 Å². The van der Waals surface area contributed by atoms with Crippen LogP contribution < -0.4 is 26.8 Å². The Hall–Kier alpha value is -5.86. The molecule has 4 amide bonds. The third kappa shape index (κ3) is 11.4. The van der Waals surface area contributed by atoms with Gasteiger partial charge in [0, 0.05) is 29.6 Å². The van der Waals surface area contributed by atoms with Gasteiger partial charge in [0.1, 0.15) is 24.3 Å². The minimum absolute atomic E-state index is 0.0431. The molecule has 320 valence electrons. The molecule has 0 radical (unpaired) electrons. The Balaban J connectivity index is 1.17. The summed E-state index contributed by atoms with van der Waals surface area (Å²) in [5.41, 5.74) is 1.41. The maximum absolute atomic E-state index is 14.2. The molecule has 0 bridgehead atoms. The molecule has 6 rings (SSSR count). The van der Waals surface area contributed by atoms with Crippen LogP contribution in [0.2, 0.25) is 0 Å². The quantitative estimate of drug-likeness (QED) is 0.0794. The summed E-state index contributed by atoms with van der Waals surface area (Å²) >= 11 is 0. The first-order valence-corrected chi connectivity index (χ1v) is 20.5. The van der Waals surface area contributed by atoms with Crippen LogP contribution in [0.5, 0.6) is 0 Å². The van der Waals surface area contributed by atoms with Gasteiger partial charge in [-0.15, -0.1) is 0 Å². The van der Waals surface area contributed by atoms with Crippen molar-refractivity contribution in [2.24, 2.45) is 5.92 Å². The van der Waals surface area contributed by atoms with Crippen LogP contribution in [0.1, 0.15) is 101 Å². The predicted octanol–water partition coefficient (Wildman–Crippen LogP) is 8.54. The number of H-pyrrole nitrogens is 1. The number of amides is 4. The number of carbonyl (C=O) groups excluding carboxylic acids is 4. The number of rotatable bonds is 14. The molecule has 0 unspecified atom stereocenters. The standard InChI is InChI=1S/C45H52F3N5O7/c1-44(2,3)60-42(57)49-22-12-11-19-36(40(55)50-28-20-21-33-35(45(46,47)48)25-39(54)51-37(33)24-28)52-41(56)38(23-27-13-5-4-6-14-27)53-43(58)59-26-34-31-17-9-7-15-29(31)30-16-8-10-18-32(30)34/h7-10,15-18,20-21,24-25,27,34,36,38H,4-6,11-14,19,22-23,26H2,1-3H3,(H,49,57)(H,50,55)(H,51,54)(H,52,56)(H,53,58)/t36-,38-/m0/s1. The van der Waals surface area contributed by atoms with E-state index in [1.54, 1.807) is 20.8 Å². The summed E-state index contributed by atoms with van der Waals surface area (Å²) < 4.78 is 52.2. The maximum Gasteiger partial charge on any atom is 0.417 e. The minimum atomic E-state index is -4.78. The fourth-order valence-corrected chi connectivity index (χ4v) is 8.09. The van der Waals surface area contributed by atoms with Crippen molar-refractivity contribution in [1.29, 1.82) is 0 Å². The zero-order valence-electron chi connectivity index (χ0n) is 34.0. The van der Waals surface area contributed by atoms with Crippen molar-refractivity contribution in [2.45, 2.75) is 108 Å². The average molecular weight is 832 g/mol. The SMILES string of the molecule is CC(C)(C)OC(=O)NCCCC[C@H](NC(=O)[C@H](CC1CCCCC1)NC(=O)OCC1c2ccccc2-c2ccccc21)C(=O)Nc1ccc2c(C(F)(F)F)cc(=O)[nH]c2c1. The van der Waals surface area contributed by atoms with Gasteiger partial charge >= 0.3 is 18.4 Å². The number of nitrogens with one attached hydrogen (secondary N) is 5. The number of fused-ring (bicyclic) bond motifs is 4. The number of halogens is 3. The number of anilines is 1. The van der Waals surface area contributed by atoms with E-state index in [-0.39, 0.29) is 48.0 Å². The lowest BCUT2D eigenvalue weighted by Crippen LogP contribution is -2.53. The molecule has 1 heterocycles. The Morgan fingerprint density at radius 3 is 2.12 bits per heavy atom. The van der Waals surface area contributed by atoms with Crippen molar-refractivity contribution in [3.63, 3.8) is 0 Å². The molecule has 0 aliphatic heterocycles. The molecule has 2 atom stereocenters. The van der Waals surface area contributed by atoms with Crippen molar-refractivity contribution in [3.05, 3.63) is 99.8 Å². The summed E-state index contributed by atoms with van der Waals surface area (Å²) in [6.07, 6.45) is -0.117. The summed E-state index contributed by atoms with van der Waals surface area (Å²) in [6, 6.07) is 17.8. The first kappa shape index (κ1) is 43.7. The molecule has 0 spiro atoms. The molecular formula is C45H52F3N5O7. The Labute approximate surface area is 346 Å². The Bertz CT molecular complexity index is 2200. The fraction of sp³-hybridized carbons (Fsp3) is 0.444. The van der Waals surface area contributed by atoms with Crippen LogP contribution in [0, 0.1) is 5.92 Å². The molecule has 1 aromatic heterocycles. The smallest absolute Gasteiger partial charge is 0.417 e. The van der Waals surface area contributed by atoms with Crippen LogP contribution in [0.15, 0.2) is 77.6 Å². The average Bonchev–Trinajstić information content (AvgIpc) is 3.51. The van der Waals surface area contributed by atoms with Crippen LogP contribution in [0.3, 0.4) is 0 Å². The number of hydrogen-bond donors (Lipinski definition) is 5. The first-order valence-electron chi connectivity index (χ1n) is 20.5. The van der Waals surface area contributed by atoms with Crippen LogP contribution >= 0.6 is 0 Å². The highest BCUT2D eigenvalue weighted by Crippen LogP contribution is 2.44. The van der Waals surface area contributed by atoms with Crippen molar-refractivity contribution >= 4 is 40.6 Å². The van der Waals surface area contributed by atoms with Gasteiger partial charge in [0.2, 0.25) is 17.4 Å². The van der Waals surface area contributed by atoms with Gasteiger partial charge < -0.3 is 35.7 Å². The summed E-state index contributed by atoms with van der Waals surface area (Å²) in [4.78, 5) is 68.3. The van der Waals surface area contributed by atoms with E-state index in [4.69, 9.17) is 9.47 Å². The lowest BCUT2D eigenvalue weighted by molar-refractivity contribution is -0.136. The molecule has 12 nitrogen and oxygen atoms in total. The van der Waals surface area contributed by atoms with Gasteiger partial charge in [-0.1, -0.05) is 86.7 Å². The Kier molecular flexibility index (Phi) is 13.9. The van der Waals surface area contributed by atoms with E-state index < -0.39 is 59.0 Å². The highest BCUT2D eigenvalue weighted by molar-refractivity contribution is 5.99. The van der Waals surface area contributed by atoms with Crippen molar-refractivity contribution < 1.29 is 41.8 Å². The van der Waals surface area contributed by atoms with Gasteiger partial charge in [0.25, 0.3) is 0 Å². The molecule has 3 aromatic carbocycles. The van der Waals surface area contributed by atoms with Gasteiger partial charge in [-0.3, -0.25) is 14.4 Å². The molecule has 15 heteroatoms. The molecule has 60 heavy (non-hydrogen) atoms. The summed E-state index contributed by atoms with van der Waals surface area (Å²) in [7, 11) is 0. The highest BCUT2D eigenvalue weighted by atomic mass is 19.4. The minimum Gasteiger partial charge on any atom is -0.449 e. The van der Waals surface area contributed by atoms with Crippen LogP contribution in [0.4, 0.5) is 28.4 Å². The third-order valence-corrected chi connectivity index (χ3v) is 10.9. The third-order valence-electron chi connectivity index (χ3n) is 10.9. The number of alkyl carbamates (subject to hydrolysis) is 2. The van der Waals surface area contributed by atoms with E-state index >= 15 is 0 Å². The molecule has 1 fully saturated rings. The second-order valence-electron chi connectivity index (χ2n) is 16.5. The van der Waals surface area contributed by atoms with E-state index in [0.29, 0.717) is 25.3 Å². The molecule has 2 aliphatic rings. The molecule has 2 aliphatic carbocycles. The second kappa shape index (κ2) is 19.0. The number of unbranched alkanes of at least 4 members (excludes halogenated alkanes) is 1. The van der Waals surface area contributed by atoms with E-state index in [0.717, 1.165) is 60.4 Å². The normalized spacial score (nSPS) is 15.3. The van der Waals surface area contributed by atoms with Crippen molar-refractivity contribution in [3.8, 4) is 11.1 Å². The predicted molar refractivity (Wildman–Crippen MR) is 221 cm³/mol. The number of hydrogen-bond acceptors (Lipinski definition) is 7. The number of aromatic nitrogens is 1. The second-order valence-corrected chi connectivity index (χ2v) is 16.5. The van der Waals surface area contributed by atoms with Crippen molar-refractivity contribution in [1.82, 2.24) is 20.9 Å². The van der Waals surface area contributed by atoms with Crippen LogP contribution in [-0.2, 0) is 25.2 Å². The number of alkyl halides is 3. The monoisotopic (exact) mass is 831 g/mol. The van der Waals surface area contributed by atoms with E-state index in [1.807, 2.05) is 48.5 Å². The van der Waals surface area contributed by atoms with E-state index in [1.165, 1.54) is 12.1 Å². The lowest BCUT2D eigenvalue weighted by Gasteiger charge is -2.28. The summed E-state index contributed by atoms with van der Waals surface area (Å²) in [6.45, 7) is 5.49. The topological polar surface area (TPSA) is 168 Å². The number of aromatic amines is 1. The van der Waals surface area contributed by atoms with Gasteiger partial charge in [-0.2, -0.15) is 13.2 Å². The fourth-order valence-electron chi connectivity index (χ4n) is 8.09. The first-order chi connectivity index (χ1) is 28.6. The van der Waals surface area contributed by atoms with E-state index in [9.17, 15) is 37.1 Å². The Morgan fingerprint density at radius 2 is 1.47 bits per heavy atom. The van der Waals surface area contributed by atoms with Crippen molar-refractivity contribution in [2.75, 3.05) is 18.5 Å². The highest BCUT2D eigenvalue weighted by Gasteiger charge is 2.34. The number of pyridine rings is 1. The lowest BCUT2D eigenvalue weighted by atomic mass is 9.84. The van der Waals surface area contributed by atoms with Gasteiger partial charge in [-0.05, 0) is 86.8 Å². The van der Waals surface area contributed by atoms with Gasteiger partial charge in [-0.25, -0.2) is 9.59 Å². The number of benzene rings is 3. The number of carbonyl (C=O) groups is 4. The van der Waals surface area contributed by atoms with Gasteiger partial charge in [0.05, 0.1) is 11.1 Å². The zero-order valence-corrected chi connectivity index (χ0v) is 34.0. The largest absolute Gasteiger partial charge is 0.449 e.